The van der Waals surface area contributed by atoms with E-state index in [1.807, 2.05) is 17.1 Å². The highest BCUT2D eigenvalue weighted by molar-refractivity contribution is 5.14. The Labute approximate surface area is 94.3 Å². The second-order valence-corrected chi connectivity index (χ2v) is 3.69. The van der Waals surface area contributed by atoms with Crippen LogP contribution >= 0.6 is 0 Å². The van der Waals surface area contributed by atoms with Gasteiger partial charge in [0.25, 0.3) is 0 Å². The van der Waals surface area contributed by atoms with Gasteiger partial charge in [0.15, 0.2) is 0 Å². The first kappa shape index (κ1) is 10.8. The van der Waals surface area contributed by atoms with Crippen molar-refractivity contribution < 1.29 is 0 Å². The Bertz CT molecular complexity index is 437. The van der Waals surface area contributed by atoms with Gasteiger partial charge in [-0.05, 0) is 18.9 Å². The summed E-state index contributed by atoms with van der Waals surface area (Å²) in [5.74, 6) is 0. The SMILES string of the molecule is CCn1cc(CC(N)c2cncnc2)cn1. The van der Waals surface area contributed by atoms with Crippen molar-refractivity contribution in [3.63, 3.8) is 0 Å². The molecule has 0 bridgehead atoms. The molecule has 0 aliphatic rings. The normalized spacial score (nSPS) is 12.6. The zero-order valence-corrected chi connectivity index (χ0v) is 9.24. The first-order valence-corrected chi connectivity index (χ1v) is 5.31. The standard InChI is InChI=1S/C11H15N5/c1-2-16-7-9(4-15-16)3-11(12)10-5-13-8-14-6-10/h4-8,11H,2-3,12H2,1H3. The number of hydrogen-bond acceptors (Lipinski definition) is 4. The monoisotopic (exact) mass is 217 g/mol. The molecule has 0 amide bonds. The van der Waals surface area contributed by atoms with Crippen LogP contribution in [0.1, 0.15) is 24.1 Å². The molecule has 0 saturated carbocycles. The van der Waals surface area contributed by atoms with Crippen molar-refractivity contribution in [3.05, 3.63) is 42.2 Å². The lowest BCUT2D eigenvalue weighted by Crippen LogP contribution is -2.13. The third-order valence-corrected chi connectivity index (χ3v) is 2.48. The molecule has 0 aliphatic heterocycles. The van der Waals surface area contributed by atoms with E-state index < -0.39 is 0 Å². The van der Waals surface area contributed by atoms with Crippen LogP contribution in [0.25, 0.3) is 0 Å². The van der Waals surface area contributed by atoms with E-state index in [0.717, 1.165) is 24.1 Å². The van der Waals surface area contributed by atoms with Gasteiger partial charge in [0.1, 0.15) is 6.33 Å². The van der Waals surface area contributed by atoms with E-state index in [1.165, 1.54) is 6.33 Å². The first-order valence-electron chi connectivity index (χ1n) is 5.31. The summed E-state index contributed by atoms with van der Waals surface area (Å²) >= 11 is 0. The van der Waals surface area contributed by atoms with Gasteiger partial charge < -0.3 is 5.73 Å². The number of rotatable bonds is 4. The summed E-state index contributed by atoms with van der Waals surface area (Å²) < 4.78 is 1.89. The van der Waals surface area contributed by atoms with Crippen molar-refractivity contribution in [2.45, 2.75) is 25.9 Å². The van der Waals surface area contributed by atoms with Crippen LogP contribution in [0, 0.1) is 0 Å². The van der Waals surface area contributed by atoms with Gasteiger partial charge in [-0.15, -0.1) is 0 Å². The van der Waals surface area contributed by atoms with Gasteiger partial charge in [0.2, 0.25) is 0 Å². The lowest BCUT2D eigenvalue weighted by atomic mass is 10.1. The summed E-state index contributed by atoms with van der Waals surface area (Å²) in [6, 6.07) is -0.0734. The zero-order valence-electron chi connectivity index (χ0n) is 9.24. The predicted molar refractivity (Wildman–Crippen MR) is 60.6 cm³/mol. The average molecular weight is 217 g/mol. The number of nitrogens with zero attached hydrogens (tertiary/aromatic N) is 4. The topological polar surface area (TPSA) is 69.6 Å². The Hall–Kier alpha value is -1.75. The molecular formula is C11H15N5. The minimum Gasteiger partial charge on any atom is -0.324 e. The van der Waals surface area contributed by atoms with Gasteiger partial charge in [-0.1, -0.05) is 0 Å². The fourth-order valence-corrected chi connectivity index (χ4v) is 1.56. The second kappa shape index (κ2) is 4.85. The molecule has 1 atom stereocenters. The fraction of sp³-hybridized carbons (Fsp3) is 0.364. The van der Waals surface area contributed by atoms with Gasteiger partial charge in [-0.3, -0.25) is 4.68 Å². The molecule has 0 saturated heterocycles. The molecule has 16 heavy (non-hydrogen) atoms. The maximum absolute atomic E-state index is 6.06. The quantitative estimate of drug-likeness (QED) is 0.827. The Kier molecular flexibility index (Phi) is 3.26. The molecule has 0 fully saturated rings. The summed E-state index contributed by atoms with van der Waals surface area (Å²) in [6.45, 7) is 2.94. The third kappa shape index (κ3) is 2.43. The van der Waals surface area contributed by atoms with Gasteiger partial charge in [0, 0.05) is 36.7 Å². The fourth-order valence-electron chi connectivity index (χ4n) is 1.56. The number of hydrogen-bond donors (Lipinski definition) is 1. The molecule has 1 unspecified atom stereocenters. The maximum atomic E-state index is 6.06. The highest BCUT2D eigenvalue weighted by atomic mass is 15.3. The van der Waals surface area contributed by atoms with E-state index in [0.29, 0.717) is 0 Å². The van der Waals surface area contributed by atoms with Crippen LogP contribution in [0.15, 0.2) is 31.1 Å². The molecule has 2 heterocycles. The summed E-state index contributed by atoms with van der Waals surface area (Å²) in [5, 5.41) is 4.21. The molecule has 2 aromatic rings. The molecule has 5 heteroatoms. The Morgan fingerprint density at radius 2 is 2.06 bits per heavy atom. The number of aryl methyl sites for hydroxylation is 1. The maximum Gasteiger partial charge on any atom is 0.115 e. The van der Waals surface area contributed by atoms with Crippen LogP contribution in [0.4, 0.5) is 0 Å². The highest BCUT2D eigenvalue weighted by Gasteiger charge is 2.08. The molecule has 2 aromatic heterocycles. The van der Waals surface area contributed by atoms with E-state index in [9.17, 15) is 0 Å². The highest BCUT2D eigenvalue weighted by Crippen LogP contribution is 2.13. The minimum absolute atomic E-state index is 0.0734. The predicted octanol–water partition coefficient (Wildman–Crippen LogP) is 0.936. The first-order chi connectivity index (χ1) is 7.79. The van der Waals surface area contributed by atoms with Gasteiger partial charge in [0.05, 0.1) is 6.20 Å². The van der Waals surface area contributed by atoms with Gasteiger partial charge >= 0.3 is 0 Å². The van der Waals surface area contributed by atoms with E-state index in [4.69, 9.17) is 5.73 Å². The van der Waals surface area contributed by atoms with Crippen molar-refractivity contribution in [2.75, 3.05) is 0 Å². The van der Waals surface area contributed by atoms with Crippen molar-refractivity contribution in [1.29, 1.82) is 0 Å². The molecule has 2 N–H and O–H groups in total. The zero-order chi connectivity index (χ0) is 11.4. The molecule has 5 nitrogen and oxygen atoms in total. The van der Waals surface area contributed by atoms with Crippen molar-refractivity contribution in [2.24, 2.45) is 5.73 Å². The van der Waals surface area contributed by atoms with E-state index in [-0.39, 0.29) is 6.04 Å². The molecular weight excluding hydrogens is 202 g/mol. The van der Waals surface area contributed by atoms with Crippen LogP contribution < -0.4 is 5.73 Å². The van der Waals surface area contributed by atoms with Gasteiger partial charge in [-0.2, -0.15) is 5.10 Å². The Morgan fingerprint density at radius 3 is 2.69 bits per heavy atom. The molecule has 0 aliphatic carbocycles. The van der Waals surface area contributed by atoms with Crippen LogP contribution in [0.5, 0.6) is 0 Å². The second-order valence-electron chi connectivity index (χ2n) is 3.69. The van der Waals surface area contributed by atoms with Gasteiger partial charge in [-0.25, -0.2) is 9.97 Å². The summed E-state index contributed by atoms with van der Waals surface area (Å²) in [4.78, 5) is 7.91. The number of aromatic nitrogens is 4. The van der Waals surface area contributed by atoms with Crippen LogP contribution in [0.3, 0.4) is 0 Å². The van der Waals surface area contributed by atoms with Crippen molar-refractivity contribution >= 4 is 0 Å². The van der Waals surface area contributed by atoms with E-state index in [1.54, 1.807) is 12.4 Å². The lowest BCUT2D eigenvalue weighted by Gasteiger charge is -2.08. The molecule has 0 spiro atoms. The summed E-state index contributed by atoms with van der Waals surface area (Å²) in [7, 11) is 0. The molecule has 0 aromatic carbocycles. The Morgan fingerprint density at radius 1 is 1.31 bits per heavy atom. The largest absolute Gasteiger partial charge is 0.324 e. The minimum atomic E-state index is -0.0734. The molecule has 2 rings (SSSR count). The van der Waals surface area contributed by atoms with Crippen LogP contribution in [-0.2, 0) is 13.0 Å². The lowest BCUT2D eigenvalue weighted by molar-refractivity contribution is 0.657. The summed E-state index contributed by atoms with van der Waals surface area (Å²) in [6.07, 6.45) is 9.64. The van der Waals surface area contributed by atoms with E-state index >= 15 is 0 Å². The van der Waals surface area contributed by atoms with E-state index in [2.05, 4.69) is 22.0 Å². The Balaban J connectivity index is 2.05. The molecule has 0 radical (unpaired) electrons. The molecule has 84 valence electrons. The van der Waals surface area contributed by atoms with Crippen molar-refractivity contribution in [1.82, 2.24) is 19.7 Å². The average Bonchev–Trinajstić information content (AvgIpc) is 2.78. The van der Waals surface area contributed by atoms with Crippen LogP contribution in [-0.4, -0.2) is 19.7 Å². The number of nitrogens with two attached hydrogens (primary N) is 1. The van der Waals surface area contributed by atoms with Crippen molar-refractivity contribution in [3.8, 4) is 0 Å². The summed E-state index contributed by atoms with van der Waals surface area (Å²) in [5.41, 5.74) is 8.15. The smallest absolute Gasteiger partial charge is 0.115 e. The third-order valence-electron chi connectivity index (χ3n) is 2.48. The van der Waals surface area contributed by atoms with Crippen LogP contribution in [0.2, 0.25) is 0 Å².